The number of amides is 1. The number of hydrogen-bond acceptors (Lipinski definition) is 6. The molecule has 0 aliphatic carbocycles. The van der Waals surface area contributed by atoms with Gasteiger partial charge in [-0.15, -0.1) is 11.3 Å². The predicted molar refractivity (Wildman–Crippen MR) is 112 cm³/mol. The molecule has 3 rings (SSSR count). The summed E-state index contributed by atoms with van der Waals surface area (Å²) in [6.07, 6.45) is 0.330. The Labute approximate surface area is 185 Å². The van der Waals surface area contributed by atoms with Gasteiger partial charge in [-0.25, -0.2) is 19.9 Å². The number of nitrogens with zero attached hydrogens (tertiary/aromatic N) is 4. The first-order valence-electron chi connectivity index (χ1n) is 9.40. The highest BCUT2D eigenvalue weighted by atomic mass is 35.5. The summed E-state index contributed by atoms with van der Waals surface area (Å²) in [6.45, 7) is 4.19. The van der Waals surface area contributed by atoms with Crippen molar-refractivity contribution >= 4 is 28.8 Å². The van der Waals surface area contributed by atoms with Crippen LogP contribution in [0.5, 0.6) is 0 Å². The molecule has 3 aromatic heterocycles. The van der Waals surface area contributed by atoms with Crippen LogP contribution in [0.15, 0.2) is 36.8 Å². The van der Waals surface area contributed by atoms with E-state index < -0.39 is 22.7 Å². The summed E-state index contributed by atoms with van der Waals surface area (Å²) in [7, 11) is 0. The third-order valence-corrected chi connectivity index (χ3v) is 5.62. The molecule has 1 amide bonds. The van der Waals surface area contributed by atoms with Crippen LogP contribution in [0.1, 0.15) is 47.1 Å². The minimum absolute atomic E-state index is 0.0296. The van der Waals surface area contributed by atoms with Gasteiger partial charge in [-0.2, -0.15) is 13.2 Å². The number of aromatic nitrogens is 4. The van der Waals surface area contributed by atoms with Crippen LogP contribution in [0, 0.1) is 5.92 Å². The largest absolute Gasteiger partial charge is 0.435 e. The van der Waals surface area contributed by atoms with Gasteiger partial charge < -0.3 is 5.32 Å². The van der Waals surface area contributed by atoms with Crippen LogP contribution in [0.25, 0.3) is 10.8 Å². The summed E-state index contributed by atoms with van der Waals surface area (Å²) in [5.74, 6) is -0.647. The van der Waals surface area contributed by atoms with Crippen molar-refractivity contribution in [2.75, 3.05) is 6.54 Å². The third kappa shape index (κ3) is 5.98. The molecule has 3 heterocycles. The molecule has 0 saturated carbocycles. The Kier molecular flexibility index (Phi) is 7.22. The molecule has 11 heteroatoms. The van der Waals surface area contributed by atoms with Gasteiger partial charge in [0, 0.05) is 31.1 Å². The number of nitrogens with one attached hydrogen (secondary N) is 1. The number of thiazole rings is 1. The maximum absolute atomic E-state index is 13.5. The third-order valence-electron chi connectivity index (χ3n) is 4.35. The zero-order valence-electron chi connectivity index (χ0n) is 16.7. The lowest BCUT2D eigenvalue weighted by molar-refractivity contribution is -0.141. The van der Waals surface area contributed by atoms with Gasteiger partial charge in [0.05, 0.1) is 0 Å². The molecule has 0 aliphatic heterocycles. The van der Waals surface area contributed by atoms with Crippen LogP contribution in [-0.4, -0.2) is 32.4 Å². The molecule has 6 nitrogen and oxygen atoms in total. The fourth-order valence-electron chi connectivity index (χ4n) is 3.00. The molecule has 1 N–H and O–H groups in total. The monoisotopic (exact) mass is 469 g/mol. The molecule has 0 fully saturated rings. The number of alkyl halides is 3. The normalized spacial score (nSPS) is 12.7. The zero-order chi connectivity index (χ0) is 22.6. The summed E-state index contributed by atoms with van der Waals surface area (Å²) < 4.78 is 40.5. The molecule has 0 aromatic carbocycles. The Hall–Kier alpha value is -2.59. The molecule has 1 unspecified atom stereocenters. The smallest absolute Gasteiger partial charge is 0.351 e. The first-order valence-corrected chi connectivity index (χ1v) is 10.6. The lowest BCUT2D eigenvalue weighted by Gasteiger charge is -2.20. The first kappa shape index (κ1) is 23.1. The Bertz CT molecular complexity index is 1030. The predicted octanol–water partition coefficient (Wildman–Crippen LogP) is 5.23. The minimum Gasteiger partial charge on any atom is -0.351 e. The quantitative estimate of drug-likeness (QED) is 0.479. The Balaban J connectivity index is 1.84. The number of pyridine rings is 1. The summed E-state index contributed by atoms with van der Waals surface area (Å²) in [5, 5.41) is 2.89. The van der Waals surface area contributed by atoms with Gasteiger partial charge in [0.2, 0.25) is 0 Å². The van der Waals surface area contributed by atoms with Gasteiger partial charge in [-0.3, -0.25) is 4.79 Å². The van der Waals surface area contributed by atoms with Crippen molar-refractivity contribution in [1.82, 2.24) is 25.3 Å². The van der Waals surface area contributed by atoms with Gasteiger partial charge in [0.15, 0.2) is 16.5 Å². The number of hydrogen-bond donors (Lipinski definition) is 1. The summed E-state index contributed by atoms with van der Waals surface area (Å²) >= 11 is 6.45. The van der Waals surface area contributed by atoms with Crippen molar-refractivity contribution in [2.24, 2.45) is 5.92 Å². The molecule has 1 atom stereocenters. The fourth-order valence-corrected chi connectivity index (χ4v) is 4.06. The molecular formula is C20H19ClF3N5OS. The summed E-state index contributed by atoms with van der Waals surface area (Å²) in [4.78, 5) is 27.7. The lowest BCUT2D eigenvalue weighted by atomic mass is 9.91. The molecule has 3 aromatic rings. The van der Waals surface area contributed by atoms with E-state index >= 15 is 0 Å². The highest BCUT2D eigenvalue weighted by Gasteiger charge is 2.40. The van der Waals surface area contributed by atoms with E-state index in [0.717, 1.165) is 5.56 Å². The van der Waals surface area contributed by atoms with E-state index in [2.05, 4.69) is 25.3 Å². The van der Waals surface area contributed by atoms with Crippen LogP contribution in [0.4, 0.5) is 13.2 Å². The van der Waals surface area contributed by atoms with Crippen LogP contribution in [0.2, 0.25) is 5.15 Å². The highest BCUT2D eigenvalue weighted by molar-refractivity contribution is 7.17. The van der Waals surface area contributed by atoms with Gasteiger partial charge in [0.1, 0.15) is 10.0 Å². The van der Waals surface area contributed by atoms with E-state index in [0.29, 0.717) is 28.8 Å². The number of carbonyl (C=O) groups excluding carboxylic acids is 1. The van der Waals surface area contributed by atoms with Crippen LogP contribution in [-0.2, 0) is 6.18 Å². The Morgan fingerprint density at radius 2 is 1.90 bits per heavy atom. The van der Waals surface area contributed by atoms with E-state index in [-0.39, 0.29) is 23.3 Å². The van der Waals surface area contributed by atoms with E-state index in [1.165, 1.54) is 18.5 Å². The van der Waals surface area contributed by atoms with Crippen molar-refractivity contribution < 1.29 is 18.0 Å². The average molecular weight is 470 g/mol. The van der Waals surface area contributed by atoms with E-state index in [9.17, 15) is 18.0 Å². The van der Waals surface area contributed by atoms with Crippen molar-refractivity contribution in [3.05, 3.63) is 58.1 Å². The molecule has 0 bridgehead atoms. The Morgan fingerprint density at radius 3 is 2.48 bits per heavy atom. The molecule has 0 aliphatic rings. The van der Waals surface area contributed by atoms with Crippen molar-refractivity contribution in [3.63, 3.8) is 0 Å². The van der Waals surface area contributed by atoms with Gasteiger partial charge in [-0.1, -0.05) is 31.5 Å². The summed E-state index contributed by atoms with van der Waals surface area (Å²) in [6, 6.07) is 4.98. The molecular weight excluding hydrogens is 451 g/mol. The number of rotatable bonds is 7. The molecule has 0 radical (unpaired) electrons. The average Bonchev–Trinajstić information content (AvgIpc) is 3.18. The van der Waals surface area contributed by atoms with Gasteiger partial charge in [0.25, 0.3) is 5.91 Å². The topological polar surface area (TPSA) is 80.7 Å². The maximum atomic E-state index is 13.5. The molecule has 0 spiro atoms. The zero-order valence-corrected chi connectivity index (χ0v) is 18.2. The van der Waals surface area contributed by atoms with Gasteiger partial charge in [-0.05, 0) is 30.0 Å². The fraction of sp³-hybridized carbons (Fsp3) is 0.350. The van der Waals surface area contributed by atoms with E-state index in [4.69, 9.17) is 11.6 Å². The van der Waals surface area contributed by atoms with Crippen molar-refractivity contribution in [2.45, 2.75) is 32.4 Å². The second-order valence-electron chi connectivity index (χ2n) is 7.22. The molecule has 31 heavy (non-hydrogen) atoms. The van der Waals surface area contributed by atoms with E-state index in [1.807, 2.05) is 13.8 Å². The summed E-state index contributed by atoms with van der Waals surface area (Å²) in [5.41, 5.74) is -0.400. The highest BCUT2D eigenvalue weighted by Crippen LogP contribution is 2.37. The van der Waals surface area contributed by atoms with E-state index in [1.54, 1.807) is 18.3 Å². The lowest BCUT2D eigenvalue weighted by Crippen LogP contribution is -2.30. The van der Waals surface area contributed by atoms with Crippen LogP contribution >= 0.6 is 22.9 Å². The Morgan fingerprint density at radius 1 is 1.19 bits per heavy atom. The van der Waals surface area contributed by atoms with Crippen LogP contribution in [0.3, 0.4) is 0 Å². The SMILES string of the molecule is CC(C)CC(CNC(=O)c1sc(-c2ncccn2)nc1C(F)(F)F)c1ccc(Cl)nc1. The number of carbonyl (C=O) groups is 1. The maximum Gasteiger partial charge on any atom is 0.435 e. The minimum atomic E-state index is -4.78. The first-order chi connectivity index (χ1) is 14.6. The standard InChI is InChI=1S/C20H19ClF3N5OS/c1-11(2)8-13(12-4-5-14(21)27-9-12)10-28-18(30)15-16(20(22,23)24)29-19(31-15)17-25-6-3-7-26-17/h3-7,9,11,13H,8,10H2,1-2H3,(H,28,30). The molecule has 164 valence electrons. The second-order valence-corrected chi connectivity index (χ2v) is 8.60. The van der Waals surface area contributed by atoms with Crippen molar-refractivity contribution in [1.29, 1.82) is 0 Å². The number of halogens is 4. The second kappa shape index (κ2) is 9.69. The molecule has 0 saturated heterocycles. The van der Waals surface area contributed by atoms with Crippen LogP contribution < -0.4 is 5.32 Å². The van der Waals surface area contributed by atoms with Gasteiger partial charge >= 0.3 is 6.18 Å². The van der Waals surface area contributed by atoms with Crippen molar-refractivity contribution in [3.8, 4) is 10.8 Å².